The van der Waals surface area contributed by atoms with E-state index in [1.54, 1.807) is 0 Å². The van der Waals surface area contributed by atoms with Crippen molar-refractivity contribution in [3.63, 3.8) is 0 Å². The maximum absolute atomic E-state index is 13.5. The summed E-state index contributed by atoms with van der Waals surface area (Å²) in [5, 5.41) is 0.0447. The average Bonchev–Trinajstić information content (AvgIpc) is 2.42. The quantitative estimate of drug-likeness (QED) is 0.838. The van der Waals surface area contributed by atoms with Gasteiger partial charge in [0, 0.05) is 12.6 Å². The Morgan fingerprint density at radius 3 is 2.58 bits per heavy atom. The van der Waals surface area contributed by atoms with Crippen molar-refractivity contribution in [1.29, 1.82) is 0 Å². The fourth-order valence-electron chi connectivity index (χ4n) is 1.67. The Labute approximate surface area is 124 Å². The van der Waals surface area contributed by atoms with Gasteiger partial charge in [-0.25, -0.2) is 4.39 Å². The van der Waals surface area contributed by atoms with Gasteiger partial charge < -0.3 is 10.5 Å². The van der Waals surface area contributed by atoms with E-state index in [0.717, 1.165) is 5.56 Å². The predicted octanol–water partition coefficient (Wildman–Crippen LogP) is 4.32. The molecule has 5 heteroatoms. The number of ether oxygens (including phenoxy) is 1. The fraction of sp³-hybridized carbons (Fsp3) is 0.143. The van der Waals surface area contributed by atoms with Gasteiger partial charge in [-0.15, -0.1) is 0 Å². The van der Waals surface area contributed by atoms with Gasteiger partial charge in [0.25, 0.3) is 0 Å². The van der Waals surface area contributed by atoms with Gasteiger partial charge >= 0.3 is 0 Å². The van der Waals surface area contributed by atoms with E-state index in [9.17, 15) is 4.39 Å². The lowest BCUT2D eigenvalue weighted by Gasteiger charge is -2.19. The second-order valence-corrected chi connectivity index (χ2v) is 5.21. The van der Waals surface area contributed by atoms with Crippen LogP contribution in [0.25, 0.3) is 0 Å². The van der Waals surface area contributed by atoms with Crippen molar-refractivity contribution < 1.29 is 9.13 Å². The molecule has 0 aliphatic rings. The highest BCUT2D eigenvalue weighted by Gasteiger charge is 2.15. The molecule has 1 atom stereocenters. The second kappa shape index (κ2) is 6.37. The SMILES string of the molecule is NCC(Oc1cc(F)c(Cl)cc1Br)c1ccccc1. The van der Waals surface area contributed by atoms with E-state index in [1.807, 2.05) is 30.3 Å². The number of nitrogens with two attached hydrogens (primary N) is 1. The molecule has 2 nitrogen and oxygen atoms in total. The van der Waals surface area contributed by atoms with Gasteiger partial charge in [-0.2, -0.15) is 0 Å². The van der Waals surface area contributed by atoms with Gasteiger partial charge in [0.05, 0.1) is 9.50 Å². The number of hydrogen-bond acceptors (Lipinski definition) is 2. The molecule has 0 saturated heterocycles. The topological polar surface area (TPSA) is 35.2 Å². The highest BCUT2D eigenvalue weighted by molar-refractivity contribution is 9.10. The van der Waals surface area contributed by atoms with Crippen LogP contribution in [0.1, 0.15) is 11.7 Å². The molecule has 2 aromatic rings. The first kappa shape index (κ1) is 14.3. The summed E-state index contributed by atoms with van der Waals surface area (Å²) >= 11 is 8.98. The molecule has 0 saturated carbocycles. The molecule has 100 valence electrons. The number of hydrogen-bond donors (Lipinski definition) is 1. The Kier molecular flexibility index (Phi) is 4.80. The smallest absolute Gasteiger partial charge is 0.145 e. The Morgan fingerprint density at radius 2 is 1.95 bits per heavy atom. The maximum Gasteiger partial charge on any atom is 0.145 e. The first-order valence-electron chi connectivity index (χ1n) is 5.68. The zero-order valence-corrected chi connectivity index (χ0v) is 12.3. The minimum absolute atomic E-state index is 0.0447. The molecule has 0 radical (unpaired) electrons. The van der Waals surface area contributed by atoms with Crippen LogP contribution in [0.5, 0.6) is 5.75 Å². The van der Waals surface area contributed by atoms with E-state index < -0.39 is 5.82 Å². The minimum atomic E-state index is -0.524. The lowest BCUT2D eigenvalue weighted by atomic mass is 10.1. The average molecular weight is 345 g/mol. The lowest BCUT2D eigenvalue weighted by molar-refractivity contribution is 0.212. The molecular weight excluding hydrogens is 333 g/mol. The summed E-state index contributed by atoms with van der Waals surface area (Å²) in [5.74, 6) is -0.148. The minimum Gasteiger partial charge on any atom is -0.483 e. The molecule has 0 aliphatic heterocycles. The van der Waals surface area contributed by atoms with Crippen LogP contribution in [0.3, 0.4) is 0 Å². The Bertz CT molecular complexity index is 565. The van der Waals surface area contributed by atoms with E-state index >= 15 is 0 Å². The predicted molar refractivity (Wildman–Crippen MR) is 78.0 cm³/mol. The molecule has 2 rings (SSSR count). The van der Waals surface area contributed by atoms with Gasteiger partial charge in [0.1, 0.15) is 17.7 Å². The van der Waals surface area contributed by atoms with Crippen LogP contribution in [0.15, 0.2) is 46.9 Å². The molecule has 2 N–H and O–H groups in total. The molecule has 0 heterocycles. The molecule has 19 heavy (non-hydrogen) atoms. The molecule has 0 amide bonds. The third kappa shape index (κ3) is 3.47. The zero-order valence-electron chi connectivity index (χ0n) is 9.95. The standard InChI is InChI=1S/C14H12BrClFNO/c15-10-6-11(16)12(17)7-13(10)19-14(8-18)9-4-2-1-3-5-9/h1-7,14H,8,18H2. The number of halogens is 3. The first-order valence-corrected chi connectivity index (χ1v) is 6.85. The molecular formula is C14H12BrClFNO. The van der Waals surface area contributed by atoms with Gasteiger partial charge in [-0.05, 0) is 27.6 Å². The third-order valence-electron chi connectivity index (χ3n) is 2.63. The Hall–Kier alpha value is -1.10. The van der Waals surface area contributed by atoms with Crippen molar-refractivity contribution in [2.45, 2.75) is 6.10 Å². The van der Waals surface area contributed by atoms with E-state index in [2.05, 4.69) is 15.9 Å². The fourth-order valence-corrected chi connectivity index (χ4v) is 2.40. The largest absolute Gasteiger partial charge is 0.483 e. The van der Waals surface area contributed by atoms with Crippen molar-refractivity contribution in [3.05, 3.63) is 63.3 Å². The molecule has 0 bridgehead atoms. The van der Waals surface area contributed by atoms with Crippen LogP contribution in [0.2, 0.25) is 5.02 Å². The first-order chi connectivity index (χ1) is 9.11. The third-order valence-corrected chi connectivity index (χ3v) is 3.54. The van der Waals surface area contributed by atoms with Crippen molar-refractivity contribution in [2.24, 2.45) is 5.73 Å². The monoisotopic (exact) mass is 343 g/mol. The molecule has 2 aromatic carbocycles. The van der Waals surface area contributed by atoms with Gasteiger partial charge in [-0.3, -0.25) is 0 Å². The van der Waals surface area contributed by atoms with E-state index in [1.165, 1.54) is 12.1 Å². The molecule has 0 fully saturated rings. The van der Waals surface area contributed by atoms with Crippen LogP contribution < -0.4 is 10.5 Å². The summed E-state index contributed by atoms with van der Waals surface area (Å²) in [6, 6.07) is 12.3. The van der Waals surface area contributed by atoms with Crippen LogP contribution >= 0.6 is 27.5 Å². The Balaban J connectivity index is 2.26. The van der Waals surface area contributed by atoms with Crippen molar-refractivity contribution in [3.8, 4) is 5.75 Å². The molecule has 1 unspecified atom stereocenters. The van der Waals surface area contributed by atoms with Crippen LogP contribution in [0, 0.1) is 5.82 Å². The van der Waals surface area contributed by atoms with E-state index in [4.69, 9.17) is 22.1 Å². The highest BCUT2D eigenvalue weighted by Crippen LogP contribution is 2.33. The zero-order chi connectivity index (χ0) is 13.8. The number of rotatable bonds is 4. The normalized spacial score (nSPS) is 12.2. The molecule has 0 aliphatic carbocycles. The second-order valence-electron chi connectivity index (χ2n) is 3.95. The summed E-state index contributed by atoms with van der Waals surface area (Å²) in [7, 11) is 0. The van der Waals surface area contributed by atoms with Crippen molar-refractivity contribution >= 4 is 27.5 Å². The highest BCUT2D eigenvalue weighted by atomic mass is 79.9. The van der Waals surface area contributed by atoms with Gasteiger partial charge in [0.2, 0.25) is 0 Å². The number of benzene rings is 2. The summed E-state index contributed by atoms with van der Waals surface area (Å²) in [4.78, 5) is 0. The summed E-state index contributed by atoms with van der Waals surface area (Å²) < 4.78 is 19.8. The van der Waals surface area contributed by atoms with Crippen molar-refractivity contribution in [1.82, 2.24) is 0 Å². The van der Waals surface area contributed by atoms with Crippen molar-refractivity contribution in [2.75, 3.05) is 6.54 Å². The van der Waals surface area contributed by atoms with Crippen LogP contribution in [-0.2, 0) is 0 Å². The summed E-state index contributed by atoms with van der Waals surface area (Å²) in [5.41, 5.74) is 6.65. The Morgan fingerprint density at radius 1 is 1.26 bits per heavy atom. The molecule has 0 spiro atoms. The maximum atomic E-state index is 13.5. The van der Waals surface area contributed by atoms with Crippen LogP contribution in [-0.4, -0.2) is 6.54 Å². The lowest BCUT2D eigenvalue weighted by Crippen LogP contribution is -2.18. The summed E-state index contributed by atoms with van der Waals surface area (Å²) in [6.07, 6.45) is -0.335. The molecule has 0 aromatic heterocycles. The summed E-state index contributed by atoms with van der Waals surface area (Å²) in [6.45, 7) is 0.292. The van der Waals surface area contributed by atoms with Crippen LogP contribution in [0.4, 0.5) is 4.39 Å². The van der Waals surface area contributed by atoms with E-state index in [-0.39, 0.29) is 11.1 Å². The van der Waals surface area contributed by atoms with E-state index in [0.29, 0.717) is 16.8 Å². The van der Waals surface area contributed by atoms with Gasteiger partial charge in [0.15, 0.2) is 0 Å². The van der Waals surface area contributed by atoms with Gasteiger partial charge in [-0.1, -0.05) is 41.9 Å².